The van der Waals surface area contributed by atoms with Crippen molar-refractivity contribution in [2.24, 2.45) is 0 Å². The fourth-order valence-electron chi connectivity index (χ4n) is 2.61. The molecule has 1 amide bonds. The maximum absolute atomic E-state index is 12.1. The van der Waals surface area contributed by atoms with E-state index in [9.17, 15) is 4.79 Å². The van der Waals surface area contributed by atoms with Crippen LogP contribution in [0.15, 0.2) is 59.8 Å². The van der Waals surface area contributed by atoms with Gasteiger partial charge in [-0.25, -0.2) is 0 Å². The molecule has 2 aromatic carbocycles. The first kappa shape index (κ1) is 19.8. The van der Waals surface area contributed by atoms with Gasteiger partial charge in [0.05, 0.1) is 19.4 Å². The Kier molecular flexibility index (Phi) is 6.91. The molecule has 0 saturated carbocycles. The van der Waals surface area contributed by atoms with E-state index in [2.05, 4.69) is 20.8 Å². The number of hydrogen-bond acceptors (Lipinski definition) is 6. The maximum Gasteiger partial charge on any atom is 0.234 e. The molecular weight excluding hydrogens is 374 g/mol. The van der Waals surface area contributed by atoms with Crippen molar-refractivity contribution >= 4 is 29.0 Å². The van der Waals surface area contributed by atoms with E-state index in [1.54, 1.807) is 7.11 Å². The molecule has 3 rings (SSSR count). The maximum atomic E-state index is 12.1. The molecule has 28 heavy (non-hydrogen) atoms. The van der Waals surface area contributed by atoms with Crippen molar-refractivity contribution in [1.29, 1.82) is 0 Å². The summed E-state index contributed by atoms with van der Waals surface area (Å²) in [6, 6.07) is 17.1. The van der Waals surface area contributed by atoms with Crippen molar-refractivity contribution in [3.8, 4) is 5.75 Å². The number of benzene rings is 2. The largest absolute Gasteiger partial charge is 0.497 e. The highest BCUT2D eigenvalue weighted by Crippen LogP contribution is 2.19. The Balaban J connectivity index is 1.55. The number of nitrogens with zero attached hydrogens (tertiary/aromatic N) is 3. The predicted octanol–water partition coefficient (Wildman–Crippen LogP) is 3.65. The first-order valence-corrected chi connectivity index (χ1v) is 9.96. The molecule has 146 valence electrons. The lowest BCUT2D eigenvalue weighted by Crippen LogP contribution is -2.15. The zero-order chi connectivity index (χ0) is 19.8. The lowest BCUT2D eigenvalue weighted by atomic mass is 10.3. The molecule has 0 bridgehead atoms. The Bertz CT molecular complexity index is 897. The fourth-order valence-corrected chi connectivity index (χ4v) is 3.43. The van der Waals surface area contributed by atoms with Crippen molar-refractivity contribution in [2.75, 3.05) is 23.5 Å². The van der Waals surface area contributed by atoms with Gasteiger partial charge in [-0.2, -0.15) is 0 Å². The van der Waals surface area contributed by atoms with E-state index in [1.807, 2.05) is 66.1 Å². The monoisotopic (exact) mass is 397 g/mol. The van der Waals surface area contributed by atoms with Crippen molar-refractivity contribution in [2.45, 2.75) is 25.2 Å². The van der Waals surface area contributed by atoms with Crippen molar-refractivity contribution in [1.82, 2.24) is 14.8 Å². The molecule has 0 spiro atoms. The zero-order valence-corrected chi connectivity index (χ0v) is 16.7. The molecule has 7 nitrogen and oxygen atoms in total. The number of carbonyl (C=O) groups excluding carboxylic acids is 1. The van der Waals surface area contributed by atoms with Crippen LogP contribution in [0, 0.1) is 0 Å². The molecule has 2 N–H and O–H groups in total. The number of aromatic nitrogens is 3. The molecule has 0 atom stereocenters. The average Bonchev–Trinajstić information content (AvgIpc) is 3.13. The van der Waals surface area contributed by atoms with Gasteiger partial charge in [0, 0.05) is 17.9 Å². The predicted molar refractivity (Wildman–Crippen MR) is 112 cm³/mol. The van der Waals surface area contributed by atoms with Gasteiger partial charge in [-0.05, 0) is 43.3 Å². The van der Waals surface area contributed by atoms with Crippen molar-refractivity contribution in [3.63, 3.8) is 0 Å². The van der Waals surface area contributed by atoms with Gasteiger partial charge in [-0.15, -0.1) is 10.2 Å². The van der Waals surface area contributed by atoms with E-state index in [-0.39, 0.29) is 11.7 Å². The number of anilines is 2. The first-order chi connectivity index (χ1) is 13.7. The highest BCUT2D eigenvalue weighted by molar-refractivity contribution is 7.99. The van der Waals surface area contributed by atoms with Gasteiger partial charge in [0.25, 0.3) is 0 Å². The summed E-state index contributed by atoms with van der Waals surface area (Å²) in [5.74, 6) is 1.85. The standard InChI is InChI=1S/C20H23N5O2S/c1-3-25-18(13-21-15-9-11-17(27-2)12-10-15)23-24-20(25)28-14-19(26)22-16-7-5-4-6-8-16/h4-12,21H,3,13-14H2,1-2H3,(H,22,26). The first-order valence-electron chi connectivity index (χ1n) is 8.97. The van der Waals surface area contributed by atoms with Crippen LogP contribution in [0.25, 0.3) is 0 Å². The lowest BCUT2D eigenvalue weighted by Gasteiger charge is -2.10. The van der Waals surface area contributed by atoms with Crippen LogP contribution in [-0.2, 0) is 17.9 Å². The van der Waals surface area contributed by atoms with Crippen LogP contribution in [0.2, 0.25) is 0 Å². The molecule has 1 aromatic heterocycles. The number of thioether (sulfide) groups is 1. The van der Waals surface area contributed by atoms with E-state index >= 15 is 0 Å². The highest BCUT2D eigenvalue weighted by Gasteiger charge is 2.13. The summed E-state index contributed by atoms with van der Waals surface area (Å²) in [5, 5.41) is 15.4. The summed E-state index contributed by atoms with van der Waals surface area (Å²) in [6.07, 6.45) is 0. The number of nitrogens with one attached hydrogen (secondary N) is 2. The molecule has 0 saturated heterocycles. The summed E-state index contributed by atoms with van der Waals surface area (Å²) >= 11 is 1.38. The van der Waals surface area contributed by atoms with Gasteiger partial charge in [-0.3, -0.25) is 4.79 Å². The number of hydrogen-bond donors (Lipinski definition) is 2. The van der Waals surface area contributed by atoms with E-state index < -0.39 is 0 Å². The van der Waals surface area contributed by atoms with Gasteiger partial charge in [0.1, 0.15) is 5.75 Å². The molecule has 0 aliphatic rings. The second-order valence-corrected chi connectivity index (χ2v) is 6.87. The SMILES string of the molecule is CCn1c(CNc2ccc(OC)cc2)nnc1SCC(=O)Nc1ccccc1. The molecule has 0 aliphatic heterocycles. The normalized spacial score (nSPS) is 10.5. The van der Waals surface area contributed by atoms with Crippen LogP contribution >= 0.6 is 11.8 Å². The second-order valence-electron chi connectivity index (χ2n) is 5.93. The summed E-state index contributed by atoms with van der Waals surface area (Å²) < 4.78 is 7.18. The smallest absolute Gasteiger partial charge is 0.234 e. The molecule has 8 heteroatoms. The zero-order valence-electron chi connectivity index (χ0n) is 15.9. The fraction of sp³-hybridized carbons (Fsp3) is 0.250. The summed E-state index contributed by atoms with van der Waals surface area (Å²) in [4.78, 5) is 12.1. The van der Waals surface area contributed by atoms with Crippen molar-refractivity contribution in [3.05, 3.63) is 60.4 Å². The Morgan fingerprint density at radius 2 is 1.82 bits per heavy atom. The number of para-hydroxylation sites is 1. The van der Waals surface area contributed by atoms with Gasteiger partial charge >= 0.3 is 0 Å². The van der Waals surface area contributed by atoms with E-state index in [0.29, 0.717) is 6.54 Å². The van der Waals surface area contributed by atoms with E-state index in [0.717, 1.165) is 34.6 Å². The molecule has 0 fully saturated rings. The van der Waals surface area contributed by atoms with Gasteiger partial charge in [0.15, 0.2) is 11.0 Å². The Labute approximate surface area is 168 Å². The minimum absolute atomic E-state index is 0.0697. The topological polar surface area (TPSA) is 81.1 Å². The molecule has 1 heterocycles. The summed E-state index contributed by atoms with van der Waals surface area (Å²) in [6.45, 7) is 3.31. The Morgan fingerprint density at radius 1 is 1.07 bits per heavy atom. The molecule has 0 radical (unpaired) electrons. The van der Waals surface area contributed by atoms with Crippen LogP contribution in [-0.4, -0.2) is 33.5 Å². The molecule has 0 unspecified atom stereocenters. The third kappa shape index (κ3) is 5.26. The van der Waals surface area contributed by atoms with Crippen LogP contribution < -0.4 is 15.4 Å². The lowest BCUT2D eigenvalue weighted by molar-refractivity contribution is -0.113. The summed E-state index contributed by atoms with van der Waals surface area (Å²) in [7, 11) is 1.64. The van der Waals surface area contributed by atoms with Crippen LogP contribution in [0.1, 0.15) is 12.7 Å². The molecule has 3 aromatic rings. The Hall–Kier alpha value is -3.00. The van der Waals surface area contributed by atoms with E-state index in [4.69, 9.17) is 4.74 Å². The molecular formula is C20H23N5O2S. The van der Waals surface area contributed by atoms with Gasteiger partial charge in [-0.1, -0.05) is 30.0 Å². The minimum atomic E-state index is -0.0697. The second kappa shape index (κ2) is 9.80. The third-order valence-electron chi connectivity index (χ3n) is 4.04. The highest BCUT2D eigenvalue weighted by atomic mass is 32.2. The van der Waals surface area contributed by atoms with Crippen LogP contribution in [0.5, 0.6) is 5.75 Å². The molecule has 0 aliphatic carbocycles. The number of amides is 1. The van der Waals surface area contributed by atoms with Crippen molar-refractivity contribution < 1.29 is 9.53 Å². The summed E-state index contributed by atoms with van der Waals surface area (Å²) in [5.41, 5.74) is 1.76. The van der Waals surface area contributed by atoms with E-state index in [1.165, 1.54) is 11.8 Å². The third-order valence-corrected chi connectivity index (χ3v) is 5.01. The number of ether oxygens (including phenoxy) is 1. The van der Waals surface area contributed by atoms with Crippen LogP contribution in [0.4, 0.5) is 11.4 Å². The average molecular weight is 398 g/mol. The van der Waals surface area contributed by atoms with Gasteiger partial charge < -0.3 is 19.9 Å². The van der Waals surface area contributed by atoms with Crippen LogP contribution in [0.3, 0.4) is 0 Å². The van der Waals surface area contributed by atoms with Gasteiger partial charge in [0.2, 0.25) is 5.91 Å². The number of rotatable bonds is 9. The number of methoxy groups -OCH3 is 1. The quantitative estimate of drug-likeness (QED) is 0.537. The number of carbonyl (C=O) groups is 1. The Morgan fingerprint density at radius 3 is 2.50 bits per heavy atom. The minimum Gasteiger partial charge on any atom is -0.497 e.